The highest BCUT2D eigenvalue weighted by molar-refractivity contribution is 7.46. The fourth-order valence-corrected chi connectivity index (χ4v) is 4.72. The van der Waals surface area contributed by atoms with Crippen LogP contribution in [0.4, 0.5) is 5.69 Å². The summed E-state index contributed by atoms with van der Waals surface area (Å²) in [6, 6.07) is 15.7. The first-order chi connectivity index (χ1) is 20.1. The van der Waals surface area contributed by atoms with Crippen molar-refractivity contribution in [1.82, 2.24) is 4.98 Å². The fraction of sp³-hybridized carbons (Fsp3) is 0.296. The van der Waals surface area contributed by atoms with Crippen LogP contribution in [0.3, 0.4) is 0 Å². The number of benzene rings is 2. The number of pyridine rings is 1. The number of nitrogens with two attached hydrogens (primary N) is 2. The van der Waals surface area contributed by atoms with Crippen molar-refractivity contribution in [3.05, 3.63) is 89.7 Å². The van der Waals surface area contributed by atoms with Gasteiger partial charge in [0.05, 0.1) is 11.1 Å². The second kappa shape index (κ2) is 13.9. The van der Waals surface area contributed by atoms with E-state index in [-0.39, 0.29) is 22.6 Å². The minimum Gasteiger partial charge on any atom is -0.461 e. The SMILES string of the molecule is NCCc1ccc(O[C@@H]2O[C@H](COC(=O)c3ccccc3N)[C@@H](O)[C@H](OP(=O)(O)O)[C@H]2OC(=O)c2cccnc2)cc1. The molecule has 1 saturated heterocycles. The van der Waals surface area contributed by atoms with E-state index in [1.807, 2.05) is 0 Å². The summed E-state index contributed by atoms with van der Waals surface area (Å²) in [6.45, 7) is -0.180. The maximum absolute atomic E-state index is 12.9. The van der Waals surface area contributed by atoms with Crippen LogP contribution in [0.15, 0.2) is 73.1 Å². The maximum Gasteiger partial charge on any atom is 0.470 e. The largest absolute Gasteiger partial charge is 0.470 e. The van der Waals surface area contributed by atoms with Gasteiger partial charge in [0, 0.05) is 18.1 Å². The molecule has 2 heterocycles. The first kappa shape index (κ1) is 31.1. The molecule has 0 amide bonds. The number of phosphoric acid groups is 1. The van der Waals surface area contributed by atoms with Gasteiger partial charge in [-0.3, -0.25) is 9.51 Å². The zero-order valence-electron chi connectivity index (χ0n) is 22.1. The summed E-state index contributed by atoms with van der Waals surface area (Å²) in [5.41, 5.74) is 12.6. The van der Waals surface area contributed by atoms with Crippen LogP contribution in [-0.4, -0.2) is 75.7 Å². The first-order valence-electron chi connectivity index (χ1n) is 12.7. The first-order valence-corrected chi connectivity index (χ1v) is 14.2. The predicted molar refractivity (Wildman–Crippen MR) is 146 cm³/mol. The molecular formula is C27H30N3O11P. The molecule has 5 atom stereocenters. The third-order valence-electron chi connectivity index (χ3n) is 6.19. The molecule has 0 radical (unpaired) electrons. The normalized spacial score (nSPS) is 22.2. The number of hydrogen-bond donors (Lipinski definition) is 5. The molecular weight excluding hydrogens is 573 g/mol. The van der Waals surface area contributed by atoms with Gasteiger partial charge in [0.2, 0.25) is 6.29 Å². The minimum atomic E-state index is -5.28. The third kappa shape index (κ3) is 8.11. The van der Waals surface area contributed by atoms with Crippen molar-refractivity contribution in [2.45, 2.75) is 37.1 Å². The average Bonchev–Trinajstić information content (AvgIpc) is 2.96. The number of rotatable bonds is 11. The van der Waals surface area contributed by atoms with E-state index in [0.717, 1.165) is 5.56 Å². The van der Waals surface area contributed by atoms with Crippen LogP contribution in [0.5, 0.6) is 5.75 Å². The molecule has 14 nitrogen and oxygen atoms in total. The molecule has 0 bridgehead atoms. The Morgan fingerprint density at radius 3 is 2.38 bits per heavy atom. The molecule has 224 valence electrons. The van der Waals surface area contributed by atoms with Crippen molar-refractivity contribution in [2.75, 3.05) is 18.9 Å². The molecule has 1 aliphatic heterocycles. The van der Waals surface area contributed by atoms with E-state index in [9.17, 15) is 29.0 Å². The molecule has 0 aliphatic carbocycles. The quantitative estimate of drug-likeness (QED) is 0.118. The van der Waals surface area contributed by atoms with Crippen LogP contribution in [0.1, 0.15) is 26.3 Å². The highest BCUT2D eigenvalue weighted by atomic mass is 31.2. The molecule has 2 aromatic carbocycles. The lowest BCUT2D eigenvalue weighted by Crippen LogP contribution is -2.62. The number of hydrogen-bond acceptors (Lipinski definition) is 12. The number of esters is 2. The molecule has 7 N–H and O–H groups in total. The number of para-hydroxylation sites is 1. The smallest absolute Gasteiger partial charge is 0.461 e. The van der Waals surface area contributed by atoms with E-state index in [1.165, 1.54) is 36.7 Å². The van der Waals surface area contributed by atoms with Gasteiger partial charge in [0.25, 0.3) is 0 Å². The topological polar surface area (TPSA) is 223 Å². The summed E-state index contributed by atoms with van der Waals surface area (Å²) in [5.74, 6) is -1.57. The number of ether oxygens (including phenoxy) is 4. The Balaban J connectivity index is 1.63. The Bertz CT molecular complexity index is 1400. The third-order valence-corrected chi connectivity index (χ3v) is 6.70. The molecule has 1 aromatic heterocycles. The highest BCUT2D eigenvalue weighted by Crippen LogP contribution is 2.42. The Labute approximate surface area is 240 Å². The van der Waals surface area contributed by atoms with E-state index < -0.39 is 57.1 Å². The second-order valence-electron chi connectivity index (χ2n) is 9.19. The number of aromatic nitrogens is 1. The van der Waals surface area contributed by atoms with Crippen molar-refractivity contribution in [3.8, 4) is 5.75 Å². The Kier molecular flexibility index (Phi) is 10.2. The Morgan fingerprint density at radius 1 is 1.00 bits per heavy atom. The van der Waals surface area contributed by atoms with Crippen molar-refractivity contribution in [2.24, 2.45) is 5.73 Å². The van der Waals surface area contributed by atoms with Crippen LogP contribution in [0.25, 0.3) is 0 Å². The number of carbonyl (C=O) groups is 2. The molecule has 4 rings (SSSR count). The molecule has 1 aliphatic rings. The molecule has 0 saturated carbocycles. The van der Waals surface area contributed by atoms with Gasteiger partial charge in [0.1, 0.15) is 30.7 Å². The summed E-state index contributed by atoms with van der Waals surface area (Å²) < 4.78 is 39.4. The average molecular weight is 604 g/mol. The summed E-state index contributed by atoms with van der Waals surface area (Å²) in [7, 11) is -5.28. The molecule has 1 fully saturated rings. The van der Waals surface area contributed by atoms with Crippen LogP contribution < -0.4 is 16.2 Å². The van der Waals surface area contributed by atoms with Crippen LogP contribution in [0.2, 0.25) is 0 Å². The van der Waals surface area contributed by atoms with Gasteiger partial charge in [-0.1, -0.05) is 24.3 Å². The molecule has 15 heteroatoms. The van der Waals surface area contributed by atoms with Gasteiger partial charge < -0.3 is 45.3 Å². The fourth-order valence-electron chi connectivity index (χ4n) is 4.16. The van der Waals surface area contributed by atoms with Crippen molar-refractivity contribution in [3.63, 3.8) is 0 Å². The monoisotopic (exact) mass is 603 g/mol. The number of aliphatic hydroxyl groups is 1. The lowest BCUT2D eigenvalue weighted by molar-refractivity contribution is -0.273. The molecule has 3 aromatic rings. The summed E-state index contributed by atoms with van der Waals surface area (Å²) in [4.78, 5) is 48.7. The van der Waals surface area contributed by atoms with Crippen LogP contribution in [-0.2, 0) is 29.7 Å². The van der Waals surface area contributed by atoms with Crippen molar-refractivity contribution >= 4 is 25.4 Å². The number of nitrogens with zero attached hydrogens (tertiary/aromatic N) is 1. The number of phosphoric ester groups is 1. The van der Waals surface area contributed by atoms with E-state index in [4.69, 9.17) is 34.9 Å². The predicted octanol–water partition coefficient (Wildman–Crippen LogP) is 1.19. The van der Waals surface area contributed by atoms with E-state index in [0.29, 0.717) is 13.0 Å². The minimum absolute atomic E-state index is 0.00307. The van der Waals surface area contributed by atoms with E-state index >= 15 is 0 Å². The Morgan fingerprint density at radius 2 is 1.74 bits per heavy atom. The number of aliphatic hydroxyl groups excluding tert-OH is 1. The number of anilines is 1. The lowest BCUT2D eigenvalue weighted by atomic mass is 9.99. The number of carbonyl (C=O) groups excluding carboxylic acids is 2. The Hall–Kier alpha value is -3.88. The zero-order chi connectivity index (χ0) is 30.3. The zero-order valence-corrected chi connectivity index (χ0v) is 23.0. The summed E-state index contributed by atoms with van der Waals surface area (Å²) in [5, 5.41) is 11.1. The second-order valence-corrected chi connectivity index (χ2v) is 10.4. The lowest BCUT2D eigenvalue weighted by Gasteiger charge is -2.43. The van der Waals surface area contributed by atoms with Gasteiger partial charge in [-0.15, -0.1) is 0 Å². The van der Waals surface area contributed by atoms with Gasteiger partial charge in [-0.05, 0) is 54.9 Å². The number of nitrogen functional groups attached to an aromatic ring is 1. The standard InChI is InChI=1S/C27H30N3O11P/c28-12-11-16-7-9-18(10-8-16)38-27-24(40-25(32)17-4-3-13-30-14-17)23(41-42(34,35)36)22(31)21(39-27)15-37-26(33)19-5-1-2-6-20(19)29/h1-10,13-14,21-24,27,31H,11-12,15,28-29H2,(H2,34,35,36)/t21-,22-,23+,24-,27-/m1/s1. The van der Waals surface area contributed by atoms with Gasteiger partial charge in [-0.25, -0.2) is 14.2 Å². The molecule has 42 heavy (non-hydrogen) atoms. The van der Waals surface area contributed by atoms with Crippen LogP contribution in [0, 0.1) is 0 Å². The maximum atomic E-state index is 12.9. The van der Waals surface area contributed by atoms with Gasteiger partial charge in [-0.2, -0.15) is 0 Å². The summed E-state index contributed by atoms with van der Waals surface area (Å²) >= 11 is 0. The van der Waals surface area contributed by atoms with E-state index in [2.05, 4.69) is 4.98 Å². The molecule has 0 unspecified atom stereocenters. The molecule has 0 spiro atoms. The van der Waals surface area contributed by atoms with Gasteiger partial charge in [0.15, 0.2) is 6.10 Å². The van der Waals surface area contributed by atoms with Gasteiger partial charge >= 0.3 is 19.8 Å². The van der Waals surface area contributed by atoms with Crippen LogP contribution >= 0.6 is 7.82 Å². The van der Waals surface area contributed by atoms with E-state index in [1.54, 1.807) is 36.4 Å². The van der Waals surface area contributed by atoms with Crippen molar-refractivity contribution in [1.29, 1.82) is 0 Å². The highest BCUT2D eigenvalue weighted by Gasteiger charge is 2.52. The van der Waals surface area contributed by atoms with Crippen molar-refractivity contribution < 1.29 is 52.5 Å². The summed E-state index contributed by atoms with van der Waals surface area (Å²) in [6.07, 6.45) is -5.23.